The lowest BCUT2D eigenvalue weighted by atomic mass is 10.1. The number of rotatable bonds is 5. The number of furan rings is 1. The Morgan fingerprint density at radius 2 is 1.97 bits per heavy atom. The Morgan fingerprint density at radius 1 is 1.21 bits per heavy atom. The van der Waals surface area contributed by atoms with Crippen molar-refractivity contribution in [3.05, 3.63) is 71.7 Å². The third-order valence-corrected chi connectivity index (χ3v) is 4.83. The minimum atomic E-state index is -0.347. The van der Waals surface area contributed by atoms with Crippen LogP contribution in [0.3, 0.4) is 0 Å². The van der Waals surface area contributed by atoms with Crippen LogP contribution in [0.15, 0.2) is 64.1 Å². The van der Waals surface area contributed by atoms with Gasteiger partial charge in [0.25, 0.3) is 5.91 Å². The number of nitrogens with one attached hydrogen (secondary N) is 1. The molecule has 1 aliphatic rings. The number of hydrogen-bond acceptors (Lipinski definition) is 4. The fraction of sp³-hybridized carbons (Fsp3) is 0.227. The lowest BCUT2D eigenvalue weighted by Gasteiger charge is -2.23. The topological polar surface area (TPSA) is 74.9 Å². The predicted octanol–water partition coefficient (Wildman–Crippen LogP) is 3.93. The van der Waals surface area contributed by atoms with Gasteiger partial charge in [-0.1, -0.05) is 30.3 Å². The van der Waals surface area contributed by atoms with Crippen molar-refractivity contribution < 1.29 is 18.4 Å². The summed E-state index contributed by atoms with van der Waals surface area (Å²) in [5.41, 5.74) is 1.78. The summed E-state index contributed by atoms with van der Waals surface area (Å²) in [6, 6.07) is 15.0. The van der Waals surface area contributed by atoms with E-state index in [9.17, 15) is 14.0 Å². The molecule has 0 bridgehead atoms. The summed E-state index contributed by atoms with van der Waals surface area (Å²) in [6.45, 7) is 2.02. The van der Waals surface area contributed by atoms with Crippen LogP contribution in [-0.2, 0) is 16.1 Å². The van der Waals surface area contributed by atoms with Crippen LogP contribution in [0.5, 0.6) is 0 Å². The molecule has 0 radical (unpaired) electrons. The second kappa shape index (κ2) is 7.87. The van der Waals surface area contributed by atoms with Crippen LogP contribution in [0.4, 0.5) is 4.39 Å². The second-order valence-electron chi connectivity index (χ2n) is 7.01. The van der Waals surface area contributed by atoms with Gasteiger partial charge in [-0.2, -0.15) is 5.10 Å². The SMILES string of the molecule is CC(NC(=O)C1=NN(Cc2ccc(F)cc2)C(=O)CC1)c1cc2ccccc2o1. The Kier molecular flexibility index (Phi) is 5.12. The van der Waals surface area contributed by atoms with Crippen LogP contribution >= 0.6 is 0 Å². The molecule has 2 amide bonds. The van der Waals surface area contributed by atoms with Crippen LogP contribution in [0, 0.1) is 5.82 Å². The summed E-state index contributed by atoms with van der Waals surface area (Å²) in [7, 11) is 0. The van der Waals surface area contributed by atoms with E-state index in [0.717, 1.165) is 16.5 Å². The third kappa shape index (κ3) is 4.18. The van der Waals surface area contributed by atoms with Gasteiger partial charge in [-0.05, 0) is 36.8 Å². The van der Waals surface area contributed by atoms with Crippen molar-refractivity contribution in [1.29, 1.82) is 0 Å². The highest BCUT2D eigenvalue weighted by Gasteiger charge is 2.26. The molecule has 148 valence electrons. The Bertz CT molecular complexity index is 1060. The zero-order chi connectivity index (χ0) is 20.4. The fourth-order valence-electron chi connectivity index (χ4n) is 3.22. The van der Waals surface area contributed by atoms with Crippen molar-refractivity contribution in [2.75, 3.05) is 0 Å². The number of fused-ring (bicyclic) bond motifs is 1. The van der Waals surface area contributed by atoms with E-state index in [4.69, 9.17) is 4.42 Å². The van der Waals surface area contributed by atoms with Crippen molar-refractivity contribution in [3.8, 4) is 0 Å². The van der Waals surface area contributed by atoms with E-state index in [1.807, 2.05) is 37.3 Å². The smallest absolute Gasteiger partial charge is 0.268 e. The van der Waals surface area contributed by atoms with E-state index < -0.39 is 0 Å². The number of carbonyl (C=O) groups excluding carboxylic acids is 2. The monoisotopic (exact) mass is 393 g/mol. The molecule has 4 rings (SSSR count). The minimum Gasteiger partial charge on any atom is -0.459 e. The summed E-state index contributed by atoms with van der Waals surface area (Å²) < 4.78 is 18.9. The molecule has 1 atom stereocenters. The molecule has 1 N–H and O–H groups in total. The molecule has 3 aromatic rings. The molecule has 7 heteroatoms. The van der Waals surface area contributed by atoms with Gasteiger partial charge in [0.15, 0.2) is 0 Å². The molecule has 2 aromatic carbocycles. The maximum atomic E-state index is 13.1. The van der Waals surface area contributed by atoms with E-state index in [1.54, 1.807) is 12.1 Å². The zero-order valence-corrected chi connectivity index (χ0v) is 15.9. The number of para-hydroxylation sites is 1. The highest BCUT2D eigenvalue weighted by Crippen LogP contribution is 2.24. The van der Waals surface area contributed by atoms with Crippen LogP contribution in [-0.4, -0.2) is 22.5 Å². The Labute approximate surface area is 167 Å². The third-order valence-electron chi connectivity index (χ3n) is 4.83. The zero-order valence-electron chi connectivity index (χ0n) is 15.9. The molecule has 0 aliphatic carbocycles. The molecule has 29 heavy (non-hydrogen) atoms. The lowest BCUT2D eigenvalue weighted by molar-refractivity contribution is -0.132. The van der Waals surface area contributed by atoms with Gasteiger partial charge >= 0.3 is 0 Å². The van der Waals surface area contributed by atoms with Gasteiger partial charge in [0.05, 0.1) is 12.6 Å². The van der Waals surface area contributed by atoms with Gasteiger partial charge in [-0.15, -0.1) is 0 Å². The Hall–Kier alpha value is -3.48. The van der Waals surface area contributed by atoms with Gasteiger partial charge in [0, 0.05) is 18.2 Å². The fourth-order valence-corrected chi connectivity index (χ4v) is 3.22. The van der Waals surface area contributed by atoms with Crippen LogP contribution < -0.4 is 5.32 Å². The van der Waals surface area contributed by atoms with E-state index >= 15 is 0 Å². The van der Waals surface area contributed by atoms with Crippen LogP contribution in [0.25, 0.3) is 11.0 Å². The Morgan fingerprint density at radius 3 is 2.72 bits per heavy atom. The van der Waals surface area contributed by atoms with Gasteiger partial charge in [-0.3, -0.25) is 9.59 Å². The first kappa shape index (κ1) is 18.9. The molecular weight excluding hydrogens is 373 g/mol. The van der Waals surface area contributed by atoms with E-state index in [-0.39, 0.29) is 48.8 Å². The maximum Gasteiger partial charge on any atom is 0.268 e. The first-order valence-electron chi connectivity index (χ1n) is 9.41. The molecule has 6 nitrogen and oxygen atoms in total. The summed E-state index contributed by atoms with van der Waals surface area (Å²) in [5.74, 6) is -0.206. The molecule has 0 spiro atoms. The van der Waals surface area contributed by atoms with Crippen LogP contribution in [0.1, 0.15) is 37.1 Å². The van der Waals surface area contributed by atoms with Crippen LogP contribution in [0.2, 0.25) is 0 Å². The van der Waals surface area contributed by atoms with Crippen molar-refractivity contribution >= 4 is 28.5 Å². The first-order valence-corrected chi connectivity index (χ1v) is 9.41. The number of amides is 2. The minimum absolute atomic E-state index is 0.170. The number of carbonyl (C=O) groups is 2. The van der Waals surface area contributed by atoms with E-state index in [0.29, 0.717) is 5.76 Å². The van der Waals surface area contributed by atoms with Crippen molar-refractivity contribution in [1.82, 2.24) is 10.3 Å². The molecule has 1 aliphatic heterocycles. The van der Waals surface area contributed by atoms with Crippen molar-refractivity contribution in [2.45, 2.75) is 32.4 Å². The molecule has 1 aromatic heterocycles. The maximum absolute atomic E-state index is 13.1. The van der Waals surface area contributed by atoms with Gasteiger partial charge in [0.2, 0.25) is 5.91 Å². The van der Waals surface area contributed by atoms with E-state index in [1.165, 1.54) is 17.1 Å². The average molecular weight is 393 g/mol. The van der Waals surface area contributed by atoms with Gasteiger partial charge in [-0.25, -0.2) is 9.40 Å². The normalized spacial score (nSPS) is 15.3. The largest absolute Gasteiger partial charge is 0.459 e. The molecule has 0 saturated carbocycles. The molecule has 1 unspecified atom stereocenters. The quantitative estimate of drug-likeness (QED) is 0.714. The second-order valence-corrected chi connectivity index (χ2v) is 7.01. The number of halogens is 1. The molecule has 0 saturated heterocycles. The molecular formula is C22H20FN3O3. The summed E-state index contributed by atoms with van der Waals surface area (Å²) in [4.78, 5) is 24.9. The number of hydrogen-bond donors (Lipinski definition) is 1. The predicted molar refractivity (Wildman–Crippen MR) is 106 cm³/mol. The first-order chi connectivity index (χ1) is 14.0. The summed E-state index contributed by atoms with van der Waals surface area (Å²) in [6.07, 6.45) is 0.476. The standard InChI is InChI=1S/C22H20FN3O3/c1-14(20-12-16-4-2-3-5-19(16)29-20)24-22(28)18-10-11-21(27)26(25-18)13-15-6-8-17(23)9-7-15/h2-9,12,14H,10-11,13H2,1H3,(H,24,28). The molecule has 0 fully saturated rings. The highest BCUT2D eigenvalue weighted by molar-refractivity contribution is 6.39. The van der Waals surface area contributed by atoms with Crippen molar-refractivity contribution in [2.24, 2.45) is 5.10 Å². The molecule has 2 heterocycles. The average Bonchev–Trinajstić information content (AvgIpc) is 3.15. The number of hydrazone groups is 1. The van der Waals surface area contributed by atoms with Gasteiger partial charge < -0.3 is 9.73 Å². The number of nitrogens with zero attached hydrogens (tertiary/aromatic N) is 2. The Balaban J connectivity index is 1.46. The summed E-state index contributed by atoms with van der Waals surface area (Å²) >= 11 is 0. The highest BCUT2D eigenvalue weighted by atomic mass is 19.1. The number of benzene rings is 2. The lowest BCUT2D eigenvalue weighted by Crippen LogP contribution is -2.39. The summed E-state index contributed by atoms with van der Waals surface area (Å²) in [5, 5.41) is 9.35. The van der Waals surface area contributed by atoms with Gasteiger partial charge in [0.1, 0.15) is 22.9 Å². The van der Waals surface area contributed by atoms with E-state index in [2.05, 4.69) is 10.4 Å². The van der Waals surface area contributed by atoms with Crippen molar-refractivity contribution in [3.63, 3.8) is 0 Å².